The van der Waals surface area contributed by atoms with Gasteiger partial charge in [-0.3, -0.25) is 4.79 Å². The van der Waals surface area contributed by atoms with Gasteiger partial charge in [0.25, 0.3) is 0 Å². The SMILES string of the molecule is O=C(Cc1cccs1)c1cc(Br)c(Br)s1. The average molecular weight is 366 g/mol. The summed E-state index contributed by atoms with van der Waals surface area (Å²) in [5.74, 6) is 0.175. The summed E-state index contributed by atoms with van der Waals surface area (Å²) in [6.45, 7) is 0. The largest absolute Gasteiger partial charge is 0.293 e. The van der Waals surface area contributed by atoms with Crippen LogP contribution in [0.5, 0.6) is 0 Å². The molecule has 0 aliphatic carbocycles. The molecule has 2 aromatic heterocycles. The Morgan fingerprint density at radius 3 is 2.73 bits per heavy atom. The van der Waals surface area contributed by atoms with Gasteiger partial charge in [0.1, 0.15) is 0 Å². The lowest BCUT2D eigenvalue weighted by Crippen LogP contribution is -1.98. The van der Waals surface area contributed by atoms with E-state index in [-0.39, 0.29) is 5.78 Å². The van der Waals surface area contributed by atoms with E-state index in [1.807, 2.05) is 23.6 Å². The fourth-order valence-corrected chi connectivity index (χ4v) is 3.82. The van der Waals surface area contributed by atoms with E-state index in [0.717, 1.165) is 18.0 Å². The number of halogens is 2. The smallest absolute Gasteiger partial charge is 0.178 e. The summed E-state index contributed by atoms with van der Waals surface area (Å²) < 4.78 is 1.92. The molecule has 2 heterocycles. The topological polar surface area (TPSA) is 17.1 Å². The molecule has 0 fully saturated rings. The third-order valence-electron chi connectivity index (χ3n) is 1.83. The molecule has 0 radical (unpaired) electrons. The van der Waals surface area contributed by atoms with Crippen LogP contribution in [0.1, 0.15) is 14.5 Å². The highest BCUT2D eigenvalue weighted by atomic mass is 79.9. The predicted molar refractivity (Wildman–Crippen MR) is 72.1 cm³/mol. The second kappa shape index (κ2) is 4.91. The number of thiophene rings is 2. The first-order valence-electron chi connectivity index (χ1n) is 4.17. The summed E-state index contributed by atoms with van der Waals surface area (Å²) in [5, 5.41) is 1.99. The van der Waals surface area contributed by atoms with Crippen LogP contribution >= 0.6 is 54.5 Å². The molecular formula is C10H6Br2OS2. The van der Waals surface area contributed by atoms with Crippen LogP contribution in [0.3, 0.4) is 0 Å². The monoisotopic (exact) mass is 364 g/mol. The van der Waals surface area contributed by atoms with Gasteiger partial charge in [-0.15, -0.1) is 22.7 Å². The Bertz CT molecular complexity index is 454. The van der Waals surface area contributed by atoms with Crippen molar-refractivity contribution in [2.45, 2.75) is 6.42 Å². The lowest BCUT2D eigenvalue weighted by molar-refractivity contribution is 0.0997. The second-order valence-corrected chi connectivity index (χ2v) is 7.17. The van der Waals surface area contributed by atoms with E-state index in [9.17, 15) is 4.79 Å². The van der Waals surface area contributed by atoms with Gasteiger partial charge < -0.3 is 0 Å². The van der Waals surface area contributed by atoms with Crippen molar-refractivity contribution in [3.05, 3.63) is 41.6 Å². The first-order valence-corrected chi connectivity index (χ1v) is 7.45. The van der Waals surface area contributed by atoms with Crippen LogP contribution in [0.25, 0.3) is 0 Å². The Labute approximate surface area is 112 Å². The van der Waals surface area contributed by atoms with Gasteiger partial charge >= 0.3 is 0 Å². The minimum atomic E-state index is 0.175. The van der Waals surface area contributed by atoms with Crippen molar-refractivity contribution in [1.29, 1.82) is 0 Å². The molecule has 0 amide bonds. The maximum Gasteiger partial charge on any atom is 0.178 e. The zero-order valence-corrected chi connectivity index (χ0v) is 12.3. The summed E-state index contributed by atoms with van der Waals surface area (Å²) in [6, 6.07) is 5.82. The van der Waals surface area contributed by atoms with E-state index in [4.69, 9.17) is 0 Å². The second-order valence-electron chi connectivity index (χ2n) is 2.91. The highest BCUT2D eigenvalue weighted by Crippen LogP contribution is 2.33. The van der Waals surface area contributed by atoms with E-state index in [1.54, 1.807) is 11.3 Å². The van der Waals surface area contributed by atoms with Crippen LogP contribution in [0.4, 0.5) is 0 Å². The van der Waals surface area contributed by atoms with Crippen molar-refractivity contribution in [2.75, 3.05) is 0 Å². The standard InChI is InChI=1S/C10H6Br2OS2/c11-7-5-9(15-10(7)12)8(13)4-6-2-1-3-14-6/h1-3,5H,4H2. The molecule has 78 valence electrons. The van der Waals surface area contributed by atoms with Crippen molar-refractivity contribution >= 4 is 60.3 Å². The van der Waals surface area contributed by atoms with Gasteiger partial charge in [0.15, 0.2) is 5.78 Å². The Morgan fingerprint density at radius 1 is 1.40 bits per heavy atom. The van der Waals surface area contributed by atoms with Crippen LogP contribution < -0.4 is 0 Å². The number of hydrogen-bond donors (Lipinski definition) is 0. The molecule has 1 nitrogen and oxygen atoms in total. The Balaban J connectivity index is 2.15. The lowest BCUT2D eigenvalue weighted by atomic mass is 10.2. The van der Waals surface area contributed by atoms with Crippen LogP contribution in [0.2, 0.25) is 0 Å². The summed E-state index contributed by atoms with van der Waals surface area (Å²) >= 11 is 9.85. The summed E-state index contributed by atoms with van der Waals surface area (Å²) in [7, 11) is 0. The Hall–Kier alpha value is 0.0300. The molecule has 5 heteroatoms. The molecule has 0 aliphatic heterocycles. The van der Waals surface area contributed by atoms with Crippen molar-refractivity contribution in [1.82, 2.24) is 0 Å². The lowest BCUT2D eigenvalue weighted by Gasteiger charge is -1.93. The molecule has 0 saturated carbocycles. The van der Waals surface area contributed by atoms with Crippen molar-refractivity contribution < 1.29 is 4.79 Å². The van der Waals surface area contributed by atoms with Gasteiger partial charge in [-0.2, -0.15) is 0 Å². The van der Waals surface area contributed by atoms with Crippen molar-refractivity contribution in [3.8, 4) is 0 Å². The van der Waals surface area contributed by atoms with Gasteiger partial charge in [-0.1, -0.05) is 6.07 Å². The number of carbonyl (C=O) groups excluding carboxylic acids is 1. The normalized spacial score (nSPS) is 10.5. The summed E-state index contributed by atoms with van der Waals surface area (Å²) in [4.78, 5) is 13.8. The first-order chi connectivity index (χ1) is 7.16. The summed E-state index contributed by atoms with van der Waals surface area (Å²) in [6.07, 6.45) is 0.497. The first kappa shape index (κ1) is 11.5. The van der Waals surface area contributed by atoms with E-state index >= 15 is 0 Å². The number of hydrogen-bond acceptors (Lipinski definition) is 3. The van der Waals surface area contributed by atoms with E-state index in [1.165, 1.54) is 11.3 Å². The van der Waals surface area contributed by atoms with Gasteiger partial charge in [0.05, 0.1) is 8.66 Å². The van der Waals surface area contributed by atoms with Gasteiger partial charge in [0, 0.05) is 15.8 Å². The number of ketones is 1. The maximum atomic E-state index is 11.9. The molecule has 2 aromatic rings. The van der Waals surface area contributed by atoms with E-state index in [2.05, 4.69) is 31.9 Å². The fourth-order valence-electron chi connectivity index (χ4n) is 1.14. The minimum Gasteiger partial charge on any atom is -0.293 e. The average Bonchev–Trinajstić information content (AvgIpc) is 2.78. The quantitative estimate of drug-likeness (QED) is 0.716. The van der Waals surface area contributed by atoms with Gasteiger partial charge in [-0.05, 0) is 49.4 Å². The number of carbonyl (C=O) groups is 1. The highest BCUT2D eigenvalue weighted by molar-refractivity contribution is 9.13. The molecule has 15 heavy (non-hydrogen) atoms. The molecule has 0 spiro atoms. The third-order valence-corrected chi connectivity index (χ3v) is 6.01. The zero-order chi connectivity index (χ0) is 10.8. The minimum absolute atomic E-state index is 0.175. The molecule has 0 aliphatic rings. The van der Waals surface area contributed by atoms with Crippen LogP contribution in [0.15, 0.2) is 31.8 Å². The van der Waals surface area contributed by atoms with E-state index < -0.39 is 0 Å². The molecule has 0 unspecified atom stereocenters. The van der Waals surface area contributed by atoms with Crippen LogP contribution in [-0.4, -0.2) is 5.78 Å². The summed E-state index contributed by atoms with van der Waals surface area (Å²) in [5.41, 5.74) is 0. The van der Waals surface area contributed by atoms with Gasteiger partial charge in [0.2, 0.25) is 0 Å². The van der Waals surface area contributed by atoms with Crippen molar-refractivity contribution in [3.63, 3.8) is 0 Å². The highest BCUT2D eigenvalue weighted by Gasteiger charge is 2.12. The molecule has 2 rings (SSSR count). The van der Waals surface area contributed by atoms with E-state index in [0.29, 0.717) is 6.42 Å². The molecular weight excluding hydrogens is 360 g/mol. The number of Topliss-reactive ketones (excluding diaryl/α,β-unsaturated/α-hetero) is 1. The Morgan fingerprint density at radius 2 is 2.20 bits per heavy atom. The fraction of sp³-hybridized carbons (Fsp3) is 0.100. The van der Waals surface area contributed by atoms with Crippen LogP contribution in [-0.2, 0) is 6.42 Å². The Kier molecular flexibility index (Phi) is 3.77. The zero-order valence-electron chi connectivity index (χ0n) is 7.50. The maximum absolute atomic E-state index is 11.9. The number of rotatable bonds is 3. The molecule has 0 atom stereocenters. The third kappa shape index (κ3) is 2.78. The molecule has 0 saturated heterocycles. The predicted octanol–water partition coefficient (Wildman–Crippen LogP) is 4.76. The molecule has 0 aromatic carbocycles. The van der Waals surface area contributed by atoms with Gasteiger partial charge in [-0.25, -0.2) is 0 Å². The molecule has 0 bridgehead atoms. The van der Waals surface area contributed by atoms with Crippen LogP contribution in [0, 0.1) is 0 Å². The molecule has 0 N–H and O–H groups in total. The van der Waals surface area contributed by atoms with Crippen molar-refractivity contribution in [2.24, 2.45) is 0 Å².